The molecule has 4 heteroatoms. The number of anilines is 1. The van der Waals surface area contributed by atoms with Gasteiger partial charge in [-0.2, -0.15) is 0 Å². The van der Waals surface area contributed by atoms with Gasteiger partial charge in [-0.3, -0.25) is 10.1 Å². The average Bonchev–Trinajstić information content (AvgIpc) is 2.41. The molecule has 2 aromatic rings. The lowest BCUT2D eigenvalue weighted by atomic mass is 10.0. The summed E-state index contributed by atoms with van der Waals surface area (Å²) < 4.78 is 0. The summed E-state index contributed by atoms with van der Waals surface area (Å²) >= 11 is 0. The molecule has 0 aliphatic rings. The third kappa shape index (κ3) is 3.15. The molecule has 0 aliphatic heterocycles. The van der Waals surface area contributed by atoms with Crippen LogP contribution >= 0.6 is 0 Å². The lowest BCUT2D eigenvalue weighted by Crippen LogP contribution is -2.07. The predicted molar refractivity (Wildman–Crippen MR) is 81.1 cm³/mol. The average molecular weight is 270 g/mol. The number of aryl methyl sites for hydroxylation is 2. The highest BCUT2D eigenvalue weighted by Gasteiger charge is 2.14. The highest BCUT2D eigenvalue weighted by atomic mass is 16.6. The fourth-order valence-electron chi connectivity index (χ4n) is 2.08. The maximum absolute atomic E-state index is 11.0. The number of nitrogens with one attached hydrogen (secondary N) is 1. The van der Waals surface area contributed by atoms with Crippen LogP contribution in [-0.2, 0) is 0 Å². The Kier molecular flexibility index (Phi) is 4.03. The number of nitrogens with zero attached hydrogens (tertiary/aromatic N) is 1. The minimum atomic E-state index is -0.336. The van der Waals surface area contributed by atoms with Crippen LogP contribution in [0, 0.1) is 24.0 Å². The van der Waals surface area contributed by atoms with Crippen molar-refractivity contribution < 1.29 is 4.92 Å². The lowest BCUT2D eigenvalue weighted by molar-refractivity contribution is -0.385. The fraction of sp³-hybridized carbons (Fsp3) is 0.250. The second kappa shape index (κ2) is 5.74. The van der Waals surface area contributed by atoms with Crippen molar-refractivity contribution in [3.05, 3.63) is 69.3 Å². The highest BCUT2D eigenvalue weighted by Crippen LogP contribution is 2.25. The molecule has 0 saturated heterocycles. The van der Waals surface area contributed by atoms with Crippen molar-refractivity contribution in [3.8, 4) is 0 Å². The molecule has 104 valence electrons. The largest absolute Gasteiger partial charge is 0.379 e. The minimum absolute atomic E-state index is 0.0111. The van der Waals surface area contributed by atoms with Crippen molar-refractivity contribution in [1.29, 1.82) is 0 Å². The summed E-state index contributed by atoms with van der Waals surface area (Å²) in [4.78, 5) is 10.6. The predicted octanol–water partition coefficient (Wildman–Crippen LogP) is 4.38. The molecule has 0 bridgehead atoms. The normalized spacial score (nSPS) is 11.9. The van der Waals surface area contributed by atoms with Gasteiger partial charge < -0.3 is 5.32 Å². The van der Waals surface area contributed by atoms with Gasteiger partial charge in [0.1, 0.15) is 0 Å². The maximum atomic E-state index is 11.0. The smallest absolute Gasteiger partial charge is 0.272 e. The van der Waals surface area contributed by atoms with E-state index in [1.54, 1.807) is 19.1 Å². The standard InChI is InChI=1S/C16H18N2O2/c1-11-4-8-15(9-5-11)17-13(3)14-7-6-12(2)16(10-14)18(19)20/h4-10,13,17H,1-3H3. The molecule has 20 heavy (non-hydrogen) atoms. The molecule has 1 atom stereocenters. The zero-order valence-electron chi connectivity index (χ0n) is 11.9. The monoisotopic (exact) mass is 270 g/mol. The molecule has 1 unspecified atom stereocenters. The van der Waals surface area contributed by atoms with Gasteiger partial charge in [0.15, 0.2) is 0 Å². The number of hydrogen-bond acceptors (Lipinski definition) is 3. The molecule has 4 nitrogen and oxygen atoms in total. The van der Waals surface area contributed by atoms with Crippen molar-refractivity contribution >= 4 is 11.4 Å². The Hall–Kier alpha value is -2.36. The summed E-state index contributed by atoms with van der Waals surface area (Å²) in [6, 6.07) is 13.5. The van der Waals surface area contributed by atoms with E-state index < -0.39 is 0 Å². The number of nitro groups is 1. The summed E-state index contributed by atoms with van der Waals surface area (Å²) in [7, 11) is 0. The third-order valence-corrected chi connectivity index (χ3v) is 3.36. The van der Waals surface area contributed by atoms with Gasteiger partial charge in [-0.25, -0.2) is 0 Å². The summed E-state index contributed by atoms with van der Waals surface area (Å²) in [5, 5.41) is 14.3. The van der Waals surface area contributed by atoms with E-state index >= 15 is 0 Å². The summed E-state index contributed by atoms with van der Waals surface area (Å²) in [5.74, 6) is 0. The van der Waals surface area contributed by atoms with Crippen molar-refractivity contribution in [2.75, 3.05) is 5.32 Å². The van der Waals surface area contributed by atoms with Crippen molar-refractivity contribution in [3.63, 3.8) is 0 Å². The van der Waals surface area contributed by atoms with E-state index in [4.69, 9.17) is 0 Å². The molecular weight excluding hydrogens is 252 g/mol. The van der Waals surface area contributed by atoms with E-state index in [-0.39, 0.29) is 16.7 Å². The molecule has 0 aromatic heterocycles. The Labute approximate surface area is 118 Å². The van der Waals surface area contributed by atoms with Crippen LogP contribution in [0.3, 0.4) is 0 Å². The maximum Gasteiger partial charge on any atom is 0.272 e. The van der Waals surface area contributed by atoms with Gasteiger partial charge in [0.05, 0.1) is 4.92 Å². The van der Waals surface area contributed by atoms with E-state index in [0.717, 1.165) is 11.3 Å². The van der Waals surface area contributed by atoms with Gasteiger partial charge in [-0.05, 0) is 38.5 Å². The van der Waals surface area contributed by atoms with E-state index in [1.165, 1.54) is 5.56 Å². The quantitative estimate of drug-likeness (QED) is 0.662. The summed E-state index contributed by atoms with van der Waals surface area (Å²) in [6.45, 7) is 5.78. The van der Waals surface area contributed by atoms with Gasteiger partial charge in [-0.1, -0.05) is 29.8 Å². The van der Waals surface area contributed by atoms with Crippen LogP contribution in [0.2, 0.25) is 0 Å². The van der Waals surface area contributed by atoms with Crippen molar-refractivity contribution in [1.82, 2.24) is 0 Å². The molecule has 0 radical (unpaired) electrons. The van der Waals surface area contributed by atoms with Crippen molar-refractivity contribution in [2.24, 2.45) is 0 Å². The van der Waals surface area contributed by atoms with Gasteiger partial charge in [-0.15, -0.1) is 0 Å². The summed E-state index contributed by atoms with van der Waals surface area (Å²) in [5.41, 5.74) is 3.96. The second-order valence-electron chi connectivity index (χ2n) is 5.04. The Morgan fingerprint density at radius 1 is 1.10 bits per heavy atom. The molecule has 0 heterocycles. The van der Waals surface area contributed by atoms with Crippen LogP contribution in [-0.4, -0.2) is 4.92 Å². The van der Waals surface area contributed by atoms with Gasteiger partial charge >= 0.3 is 0 Å². The Morgan fingerprint density at radius 3 is 2.35 bits per heavy atom. The zero-order valence-corrected chi connectivity index (χ0v) is 11.9. The first-order valence-corrected chi connectivity index (χ1v) is 6.55. The van der Waals surface area contributed by atoms with Crippen molar-refractivity contribution in [2.45, 2.75) is 26.8 Å². The highest BCUT2D eigenvalue weighted by molar-refractivity contribution is 5.49. The summed E-state index contributed by atoms with van der Waals surface area (Å²) in [6.07, 6.45) is 0. The lowest BCUT2D eigenvalue weighted by Gasteiger charge is -2.16. The zero-order chi connectivity index (χ0) is 14.7. The van der Waals surface area contributed by atoms with E-state index in [1.807, 2.05) is 44.2 Å². The molecule has 2 rings (SSSR count). The number of nitro benzene ring substituents is 1. The van der Waals surface area contributed by atoms with Crippen LogP contribution in [0.15, 0.2) is 42.5 Å². The number of hydrogen-bond donors (Lipinski definition) is 1. The molecule has 0 aliphatic carbocycles. The first-order chi connectivity index (χ1) is 9.47. The molecule has 1 N–H and O–H groups in total. The van der Waals surface area contributed by atoms with Gasteiger partial charge in [0, 0.05) is 23.4 Å². The minimum Gasteiger partial charge on any atom is -0.379 e. The topological polar surface area (TPSA) is 55.2 Å². The molecule has 2 aromatic carbocycles. The van der Waals surface area contributed by atoms with Crippen LogP contribution in [0.25, 0.3) is 0 Å². The second-order valence-corrected chi connectivity index (χ2v) is 5.04. The molecular formula is C16H18N2O2. The van der Waals surface area contributed by atoms with E-state index in [9.17, 15) is 10.1 Å². The van der Waals surface area contributed by atoms with Crippen LogP contribution in [0.1, 0.15) is 29.7 Å². The van der Waals surface area contributed by atoms with Crippen LogP contribution in [0.4, 0.5) is 11.4 Å². The Bertz CT molecular complexity index is 621. The third-order valence-electron chi connectivity index (χ3n) is 3.36. The number of benzene rings is 2. The van der Waals surface area contributed by atoms with Crippen LogP contribution in [0.5, 0.6) is 0 Å². The molecule has 0 amide bonds. The van der Waals surface area contributed by atoms with Gasteiger partial charge in [0.25, 0.3) is 5.69 Å². The van der Waals surface area contributed by atoms with Gasteiger partial charge in [0.2, 0.25) is 0 Å². The molecule has 0 spiro atoms. The first-order valence-electron chi connectivity index (χ1n) is 6.55. The number of rotatable bonds is 4. The molecule has 0 fully saturated rings. The van der Waals surface area contributed by atoms with Crippen LogP contribution < -0.4 is 5.32 Å². The first kappa shape index (κ1) is 14.1. The van der Waals surface area contributed by atoms with E-state index in [0.29, 0.717) is 5.56 Å². The Morgan fingerprint density at radius 2 is 1.75 bits per heavy atom. The Balaban J connectivity index is 2.20. The molecule has 0 saturated carbocycles. The fourth-order valence-corrected chi connectivity index (χ4v) is 2.08. The SMILES string of the molecule is Cc1ccc(NC(C)c2ccc(C)c([N+](=O)[O-])c2)cc1. The van der Waals surface area contributed by atoms with E-state index in [2.05, 4.69) is 5.32 Å².